The van der Waals surface area contributed by atoms with Gasteiger partial charge in [-0.25, -0.2) is 0 Å². The number of amides is 2. The van der Waals surface area contributed by atoms with Crippen LogP contribution in [-0.4, -0.2) is 43.0 Å². The number of nitrogens with one attached hydrogen (secondary N) is 1. The average Bonchev–Trinajstić information content (AvgIpc) is 2.74. The zero-order chi connectivity index (χ0) is 22.3. The van der Waals surface area contributed by atoms with Crippen molar-refractivity contribution in [1.29, 1.82) is 0 Å². The average molecular weight is 413 g/mol. The van der Waals surface area contributed by atoms with Crippen molar-refractivity contribution in [2.45, 2.75) is 47.1 Å². The van der Waals surface area contributed by atoms with Crippen LogP contribution in [-0.2, 0) is 4.79 Å². The summed E-state index contributed by atoms with van der Waals surface area (Å²) in [6, 6.07) is 10.8. The van der Waals surface area contributed by atoms with E-state index in [1.54, 1.807) is 23.1 Å². The van der Waals surface area contributed by atoms with E-state index in [2.05, 4.69) is 5.32 Å². The highest BCUT2D eigenvalue weighted by Crippen LogP contribution is 2.29. The second-order valence-corrected chi connectivity index (χ2v) is 7.28. The van der Waals surface area contributed by atoms with E-state index >= 15 is 0 Å². The smallest absolute Gasteiger partial charge is 0.254 e. The fraction of sp³-hybridized carbons (Fsp3) is 0.417. The number of methoxy groups -OCH3 is 1. The largest absolute Gasteiger partial charge is 0.493 e. The Morgan fingerprint density at radius 1 is 1.10 bits per heavy atom. The van der Waals surface area contributed by atoms with E-state index in [0.29, 0.717) is 23.7 Å². The third kappa shape index (κ3) is 5.53. The molecule has 0 saturated carbocycles. The van der Waals surface area contributed by atoms with Gasteiger partial charge in [-0.15, -0.1) is 0 Å². The molecular weight excluding hydrogens is 380 g/mol. The summed E-state index contributed by atoms with van der Waals surface area (Å²) >= 11 is 0. The van der Waals surface area contributed by atoms with Gasteiger partial charge in [0, 0.05) is 17.3 Å². The Morgan fingerprint density at radius 3 is 2.47 bits per heavy atom. The lowest BCUT2D eigenvalue weighted by atomic mass is 10.1. The molecule has 1 atom stereocenters. The Labute approximate surface area is 179 Å². The van der Waals surface area contributed by atoms with Gasteiger partial charge in [0.05, 0.1) is 13.7 Å². The zero-order valence-corrected chi connectivity index (χ0v) is 18.7. The lowest BCUT2D eigenvalue weighted by Crippen LogP contribution is -2.43. The van der Waals surface area contributed by atoms with Crippen molar-refractivity contribution in [1.82, 2.24) is 4.90 Å². The lowest BCUT2D eigenvalue weighted by molar-refractivity contribution is -0.117. The van der Waals surface area contributed by atoms with Crippen molar-refractivity contribution in [2.24, 2.45) is 0 Å². The van der Waals surface area contributed by atoms with Crippen molar-refractivity contribution in [3.05, 3.63) is 53.1 Å². The molecule has 0 heterocycles. The van der Waals surface area contributed by atoms with Crippen LogP contribution in [0.4, 0.5) is 5.69 Å². The molecule has 6 heteroatoms. The molecule has 2 aromatic carbocycles. The van der Waals surface area contributed by atoms with Gasteiger partial charge in [-0.05, 0) is 69.5 Å². The van der Waals surface area contributed by atoms with E-state index in [1.165, 1.54) is 7.11 Å². The van der Waals surface area contributed by atoms with Crippen LogP contribution in [0, 0.1) is 13.8 Å². The minimum atomic E-state index is -0.227. The molecule has 0 aromatic heterocycles. The molecule has 1 unspecified atom stereocenters. The molecular formula is C24H32N2O4. The van der Waals surface area contributed by atoms with Crippen molar-refractivity contribution < 1.29 is 19.1 Å². The molecule has 2 rings (SSSR count). The first-order chi connectivity index (χ1) is 14.3. The summed E-state index contributed by atoms with van der Waals surface area (Å²) in [4.78, 5) is 27.6. The quantitative estimate of drug-likeness (QED) is 0.654. The Hall–Kier alpha value is -3.02. The summed E-state index contributed by atoms with van der Waals surface area (Å²) in [7, 11) is 1.54. The maximum atomic E-state index is 13.2. The molecule has 0 saturated heterocycles. The van der Waals surface area contributed by atoms with Crippen LogP contribution < -0.4 is 14.8 Å². The van der Waals surface area contributed by atoms with Gasteiger partial charge >= 0.3 is 0 Å². The normalized spacial score (nSPS) is 11.5. The Bertz CT molecular complexity index is 895. The highest BCUT2D eigenvalue weighted by molar-refractivity contribution is 6.00. The fourth-order valence-electron chi connectivity index (χ4n) is 3.12. The molecule has 30 heavy (non-hydrogen) atoms. The summed E-state index contributed by atoms with van der Waals surface area (Å²) < 4.78 is 10.9. The number of hydrogen-bond acceptors (Lipinski definition) is 4. The predicted octanol–water partition coefficient (Wildman–Crippen LogP) is 4.59. The molecule has 0 aliphatic heterocycles. The second kappa shape index (κ2) is 10.7. The topological polar surface area (TPSA) is 67.9 Å². The summed E-state index contributed by atoms with van der Waals surface area (Å²) in [5.74, 6) is 0.628. The Kier molecular flexibility index (Phi) is 8.27. The maximum absolute atomic E-state index is 13.2. The Morgan fingerprint density at radius 2 is 1.83 bits per heavy atom. The van der Waals surface area contributed by atoms with Gasteiger partial charge in [-0.1, -0.05) is 19.1 Å². The number of carbonyl (C=O) groups is 2. The summed E-state index contributed by atoms with van der Waals surface area (Å²) in [5.41, 5.74) is 3.34. The van der Waals surface area contributed by atoms with Gasteiger partial charge in [0.15, 0.2) is 11.5 Å². The summed E-state index contributed by atoms with van der Waals surface area (Å²) in [6.07, 6.45) is 0.733. The zero-order valence-electron chi connectivity index (χ0n) is 18.7. The van der Waals surface area contributed by atoms with Gasteiger partial charge in [0.1, 0.15) is 6.54 Å². The van der Waals surface area contributed by atoms with Crippen LogP contribution in [0.1, 0.15) is 48.7 Å². The molecule has 0 aliphatic rings. The lowest BCUT2D eigenvalue weighted by Gasteiger charge is -2.28. The first-order valence-electron chi connectivity index (χ1n) is 10.3. The van der Waals surface area contributed by atoms with Crippen LogP contribution in [0.3, 0.4) is 0 Å². The second-order valence-electron chi connectivity index (χ2n) is 7.28. The third-order valence-corrected chi connectivity index (χ3v) is 5.29. The van der Waals surface area contributed by atoms with E-state index in [4.69, 9.17) is 9.47 Å². The SMILES string of the molecule is CCOc1ccc(C(=O)N(CC(=O)Nc2cccc(C)c2C)C(C)CC)cc1OC. The molecule has 0 aliphatic carbocycles. The monoisotopic (exact) mass is 412 g/mol. The van der Waals surface area contributed by atoms with E-state index in [0.717, 1.165) is 23.2 Å². The fourth-order valence-corrected chi connectivity index (χ4v) is 3.12. The molecule has 0 fully saturated rings. The number of carbonyl (C=O) groups excluding carboxylic acids is 2. The third-order valence-electron chi connectivity index (χ3n) is 5.29. The van der Waals surface area contributed by atoms with Crippen molar-refractivity contribution in [3.8, 4) is 11.5 Å². The summed E-state index contributed by atoms with van der Waals surface area (Å²) in [6.45, 7) is 10.3. The number of nitrogens with zero attached hydrogens (tertiary/aromatic N) is 1. The van der Waals surface area contributed by atoms with Crippen LogP contribution >= 0.6 is 0 Å². The molecule has 2 aromatic rings. The van der Waals surface area contributed by atoms with E-state index in [1.807, 2.05) is 52.8 Å². The van der Waals surface area contributed by atoms with Gasteiger partial charge in [0.25, 0.3) is 5.91 Å². The number of aryl methyl sites for hydroxylation is 1. The highest BCUT2D eigenvalue weighted by Gasteiger charge is 2.24. The van der Waals surface area contributed by atoms with Crippen molar-refractivity contribution in [3.63, 3.8) is 0 Å². The first-order valence-corrected chi connectivity index (χ1v) is 10.3. The minimum Gasteiger partial charge on any atom is -0.493 e. The number of anilines is 1. The van der Waals surface area contributed by atoms with Crippen LogP contribution in [0.15, 0.2) is 36.4 Å². The van der Waals surface area contributed by atoms with E-state index < -0.39 is 0 Å². The summed E-state index contributed by atoms with van der Waals surface area (Å²) in [5, 5.41) is 2.94. The number of ether oxygens (including phenoxy) is 2. The van der Waals surface area contributed by atoms with Crippen molar-refractivity contribution >= 4 is 17.5 Å². The maximum Gasteiger partial charge on any atom is 0.254 e. The Balaban J connectivity index is 2.23. The molecule has 6 nitrogen and oxygen atoms in total. The molecule has 0 radical (unpaired) electrons. The van der Waals surface area contributed by atoms with Crippen molar-refractivity contribution in [2.75, 3.05) is 25.6 Å². The van der Waals surface area contributed by atoms with E-state index in [9.17, 15) is 9.59 Å². The van der Waals surface area contributed by atoms with Gasteiger partial charge in [-0.3, -0.25) is 9.59 Å². The molecule has 162 valence electrons. The van der Waals surface area contributed by atoms with Crippen LogP contribution in [0.25, 0.3) is 0 Å². The molecule has 1 N–H and O–H groups in total. The molecule has 2 amide bonds. The van der Waals surface area contributed by atoms with E-state index in [-0.39, 0.29) is 24.4 Å². The number of benzene rings is 2. The number of hydrogen-bond donors (Lipinski definition) is 1. The van der Waals surface area contributed by atoms with Gasteiger partial charge < -0.3 is 19.7 Å². The number of rotatable bonds is 9. The molecule has 0 spiro atoms. The van der Waals surface area contributed by atoms with Gasteiger partial charge in [-0.2, -0.15) is 0 Å². The van der Waals surface area contributed by atoms with Crippen LogP contribution in [0.5, 0.6) is 11.5 Å². The predicted molar refractivity (Wildman–Crippen MR) is 119 cm³/mol. The highest BCUT2D eigenvalue weighted by atomic mass is 16.5. The van der Waals surface area contributed by atoms with Gasteiger partial charge in [0.2, 0.25) is 5.91 Å². The standard InChI is InChI=1S/C24H32N2O4/c1-7-17(4)26(15-23(27)25-20-11-9-10-16(3)18(20)5)24(28)19-12-13-21(30-8-2)22(14-19)29-6/h9-14,17H,7-8,15H2,1-6H3,(H,25,27). The molecule has 0 bridgehead atoms. The first kappa shape index (κ1) is 23.3. The minimum absolute atomic E-state index is 0.0310. The van der Waals surface area contributed by atoms with Crippen LogP contribution in [0.2, 0.25) is 0 Å².